The summed E-state index contributed by atoms with van der Waals surface area (Å²) in [5.74, 6) is 0.647. The van der Waals surface area contributed by atoms with E-state index in [-0.39, 0.29) is 5.92 Å². The van der Waals surface area contributed by atoms with Crippen LogP contribution in [0.15, 0.2) is 0 Å². The van der Waals surface area contributed by atoms with Gasteiger partial charge >= 0.3 is 0 Å². The highest BCUT2D eigenvalue weighted by atomic mass is 16.2. The SMILES string of the molecule is CC(C)N1CCN(C(=O)C2CN(C(C)C)C2)CC1. The second-order valence-corrected chi connectivity index (χ2v) is 6.20. The molecule has 0 aromatic rings. The maximum absolute atomic E-state index is 12.3. The van der Waals surface area contributed by atoms with Crippen molar-refractivity contribution in [3.05, 3.63) is 0 Å². The topological polar surface area (TPSA) is 26.8 Å². The Kier molecular flexibility index (Phi) is 4.28. The first-order valence-electron chi connectivity index (χ1n) is 7.26. The van der Waals surface area contributed by atoms with Crippen molar-refractivity contribution in [3.63, 3.8) is 0 Å². The Balaban J connectivity index is 1.75. The summed E-state index contributed by atoms with van der Waals surface area (Å²) in [5, 5.41) is 0. The summed E-state index contributed by atoms with van der Waals surface area (Å²) >= 11 is 0. The minimum absolute atomic E-state index is 0.262. The smallest absolute Gasteiger partial charge is 0.228 e. The second kappa shape index (κ2) is 5.57. The van der Waals surface area contributed by atoms with Gasteiger partial charge in [0.25, 0.3) is 0 Å². The molecule has 0 N–H and O–H groups in total. The number of amides is 1. The van der Waals surface area contributed by atoms with Gasteiger partial charge in [0.2, 0.25) is 5.91 Å². The van der Waals surface area contributed by atoms with Crippen molar-refractivity contribution in [1.82, 2.24) is 14.7 Å². The van der Waals surface area contributed by atoms with E-state index >= 15 is 0 Å². The molecule has 104 valence electrons. The number of carbonyl (C=O) groups excluding carboxylic acids is 1. The standard InChI is InChI=1S/C14H27N3O/c1-11(2)15-5-7-16(8-6-15)14(18)13-9-17(10-13)12(3)4/h11-13H,5-10H2,1-4H3. The zero-order valence-corrected chi connectivity index (χ0v) is 12.2. The lowest BCUT2D eigenvalue weighted by atomic mass is 9.96. The maximum Gasteiger partial charge on any atom is 0.228 e. The van der Waals surface area contributed by atoms with Crippen molar-refractivity contribution in [3.8, 4) is 0 Å². The third-order valence-corrected chi connectivity index (χ3v) is 4.35. The van der Waals surface area contributed by atoms with Crippen molar-refractivity contribution in [2.45, 2.75) is 39.8 Å². The Morgan fingerprint density at radius 1 is 0.889 bits per heavy atom. The van der Waals surface area contributed by atoms with E-state index < -0.39 is 0 Å². The number of likely N-dealkylation sites (tertiary alicyclic amines) is 1. The first-order valence-corrected chi connectivity index (χ1v) is 7.26. The molecule has 0 radical (unpaired) electrons. The molecule has 0 spiro atoms. The molecule has 1 amide bonds. The van der Waals surface area contributed by atoms with Gasteiger partial charge in [-0.15, -0.1) is 0 Å². The highest BCUT2D eigenvalue weighted by Gasteiger charge is 2.37. The van der Waals surface area contributed by atoms with Crippen LogP contribution in [0.1, 0.15) is 27.7 Å². The highest BCUT2D eigenvalue weighted by molar-refractivity contribution is 5.80. The lowest BCUT2D eigenvalue weighted by molar-refractivity contribution is -0.143. The zero-order chi connectivity index (χ0) is 13.3. The van der Waals surface area contributed by atoms with E-state index in [2.05, 4.69) is 42.4 Å². The van der Waals surface area contributed by atoms with E-state index in [1.54, 1.807) is 0 Å². The predicted molar refractivity (Wildman–Crippen MR) is 73.5 cm³/mol. The van der Waals surface area contributed by atoms with E-state index in [9.17, 15) is 4.79 Å². The minimum atomic E-state index is 0.262. The van der Waals surface area contributed by atoms with Crippen molar-refractivity contribution in [2.24, 2.45) is 5.92 Å². The quantitative estimate of drug-likeness (QED) is 0.747. The number of carbonyl (C=O) groups is 1. The molecule has 2 fully saturated rings. The summed E-state index contributed by atoms with van der Waals surface area (Å²) in [6.07, 6.45) is 0. The monoisotopic (exact) mass is 253 g/mol. The molecule has 18 heavy (non-hydrogen) atoms. The van der Waals surface area contributed by atoms with E-state index in [1.807, 2.05) is 0 Å². The maximum atomic E-state index is 12.3. The lowest BCUT2D eigenvalue weighted by Crippen LogP contribution is -2.59. The van der Waals surface area contributed by atoms with Crippen LogP contribution in [0, 0.1) is 5.92 Å². The summed E-state index contributed by atoms with van der Waals surface area (Å²) in [4.78, 5) is 19.2. The fourth-order valence-electron chi connectivity index (χ4n) is 2.81. The first-order chi connectivity index (χ1) is 8.49. The Morgan fingerprint density at radius 2 is 1.39 bits per heavy atom. The van der Waals surface area contributed by atoms with Gasteiger partial charge < -0.3 is 4.90 Å². The Labute approximate surface area is 111 Å². The molecule has 0 atom stereocenters. The summed E-state index contributed by atoms with van der Waals surface area (Å²) in [7, 11) is 0. The molecule has 0 aromatic heterocycles. The fraction of sp³-hybridized carbons (Fsp3) is 0.929. The molecule has 2 saturated heterocycles. The number of hydrogen-bond donors (Lipinski definition) is 0. The average molecular weight is 253 g/mol. The molecule has 0 saturated carbocycles. The van der Waals surface area contributed by atoms with Gasteiger partial charge in [0.05, 0.1) is 5.92 Å². The fourth-order valence-corrected chi connectivity index (χ4v) is 2.81. The van der Waals surface area contributed by atoms with Gasteiger partial charge in [-0.1, -0.05) is 0 Å². The van der Waals surface area contributed by atoms with Gasteiger partial charge in [-0.2, -0.15) is 0 Å². The molecule has 0 bridgehead atoms. The van der Waals surface area contributed by atoms with E-state index in [0.29, 0.717) is 18.0 Å². The Hall–Kier alpha value is -0.610. The van der Waals surface area contributed by atoms with Gasteiger partial charge in [-0.05, 0) is 27.7 Å². The molecular formula is C14H27N3O. The molecule has 2 aliphatic heterocycles. The molecule has 4 nitrogen and oxygen atoms in total. The Morgan fingerprint density at radius 3 is 1.83 bits per heavy atom. The van der Waals surface area contributed by atoms with Crippen LogP contribution in [0.2, 0.25) is 0 Å². The minimum Gasteiger partial charge on any atom is -0.340 e. The number of rotatable bonds is 3. The van der Waals surface area contributed by atoms with Crippen LogP contribution < -0.4 is 0 Å². The molecule has 0 unspecified atom stereocenters. The third kappa shape index (κ3) is 2.86. The molecular weight excluding hydrogens is 226 g/mol. The van der Waals surface area contributed by atoms with Crippen molar-refractivity contribution in [2.75, 3.05) is 39.3 Å². The molecule has 0 aliphatic carbocycles. The van der Waals surface area contributed by atoms with Crippen LogP contribution in [0.25, 0.3) is 0 Å². The van der Waals surface area contributed by atoms with Crippen LogP contribution in [0.3, 0.4) is 0 Å². The van der Waals surface area contributed by atoms with Crippen LogP contribution >= 0.6 is 0 Å². The summed E-state index contributed by atoms with van der Waals surface area (Å²) in [6, 6.07) is 1.18. The lowest BCUT2D eigenvalue weighted by Gasteiger charge is -2.45. The highest BCUT2D eigenvalue weighted by Crippen LogP contribution is 2.21. The zero-order valence-electron chi connectivity index (χ0n) is 12.2. The normalized spacial score (nSPS) is 23.8. The van der Waals surface area contributed by atoms with Crippen LogP contribution in [-0.2, 0) is 4.79 Å². The molecule has 0 aromatic carbocycles. The Bertz CT molecular complexity index is 289. The second-order valence-electron chi connectivity index (χ2n) is 6.20. The number of nitrogens with zero attached hydrogens (tertiary/aromatic N) is 3. The summed E-state index contributed by atoms with van der Waals surface area (Å²) in [5.41, 5.74) is 0. The molecule has 2 rings (SSSR count). The van der Waals surface area contributed by atoms with Gasteiger partial charge in [-0.3, -0.25) is 14.6 Å². The molecule has 4 heteroatoms. The van der Waals surface area contributed by atoms with E-state index in [1.165, 1.54) is 0 Å². The molecule has 2 heterocycles. The van der Waals surface area contributed by atoms with Gasteiger partial charge in [0, 0.05) is 51.4 Å². The number of hydrogen-bond acceptors (Lipinski definition) is 3. The van der Waals surface area contributed by atoms with Crippen molar-refractivity contribution in [1.29, 1.82) is 0 Å². The van der Waals surface area contributed by atoms with E-state index in [0.717, 1.165) is 39.3 Å². The first kappa shape index (κ1) is 13.8. The summed E-state index contributed by atoms with van der Waals surface area (Å²) in [6.45, 7) is 14.7. The number of piperazine rings is 1. The van der Waals surface area contributed by atoms with Crippen LogP contribution in [0.5, 0.6) is 0 Å². The van der Waals surface area contributed by atoms with Crippen molar-refractivity contribution >= 4 is 5.91 Å². The van der Waals surface area contributed by atoms with Gasteiger partial charge in [-0.25, -0.2) is 0 Å². The average Bonchev–Trinajstić information content (AvgIpc) is 2.26. The van der Waals surface area contributed by atoms with Crippen LogP contribution in [-0.4, -0.2) is 72.0 Å². The van der Waals surface area contributed by atoms with Crippen LogP contribution in [0.4, 0.5) is 0 Å². The van der Waals surface area contributed by atoms with Crippen molar-refractivity contribution < 1.29 is 4.79 Å². The molecule has 2 aliphatic rings. The van der Waals surface area contributed by atoms with Gasteiger partial charge in [0.15, 0.2) is 0 Å². The largest absolute Gasteiger partial charge is 0.340 e. The predicted octanol–water partition coefficient (Wildman–Crippen LogP) is 0.879. The summed E-state index contributed by atoms with van der Waals surface area (Å²) < 4.78 is 0. The third-order valence-electron chi connectivity index (χ3n) is 4.35. The van der Waals surface area contributed by atoms with E-state index in [4.69, 9.17) is 0 Å². The van der Waals surface area contributed by atoms with Gasteiger partial charge in [0.1, 0.15) is 0 Å².